The van der Waals surface area contributed by atoms with Crippen LogP contribution in [0.4, 0.5) is 5.82 Å². The van der Waals surface area contributed by atoms with E-state index < -0.39 is 0 Å². The molecule has 2 amide bonds. The van der Waals surface area contributed by atoms with E-state index in [1.807, 2.05) is 69.5 Å². The quantitative estimate of drug-likeness (QED) is 0.404. The first-order valence-electron chi connectivity index (χ1n) is 12.5. The predicted octanol–water partition coefficient (Wildman–Crippen LogP) is 4.25. The van der Waals surface area contributed by atoms with Gasteiger partial charge in [0.05, 0.1) is 23.0 Å². The Kier molecular flexibility index (Phi) is 7.08. The number of nitrogen functional groups attached to an aromatic ring is 1. The van der Waals surface area contributed by atoms with Crippen LogP contribution in [0.1, 0.15) is 74.7 Å². The molecule has 1 aliphatic heterocycles. The summed E-state index contributed by atoms with van der Waals surface area (Å²) in [6.45, 7) is 14.1. The van der Waals surface area contributed by atoms with Gasteiger partial charge in [-0.25, -0.2) is 9.97 Å². The zero-order valence-corrected chi connectivity index (χ0v) is 22.1. The van der Waals surface area contributed by atoms with Crippen LogP contribution in [0, 0.1) is 17.3 Å². The third-order valence-corrected chi connectivity index (χ3v) is 6.62. The Balaban J connectivity index is 1.90. The van der Waals surface area contributed by atoms with Gasteiger partial charge in [0, 0.05) is 18.0 Å². The largest absolute Gasteiger partial charge is 0.383 e. The van der Waals surface area contributed by atoms with E-state index in [0.29, 0.717) is 35.3 Å². The lowest BCUT2D eigenvalue weighted by Crippen LogP contribution is -2.32. The molecule has 37 heavy (non-hydrogen) atoms. The summed E-state index contributed by atoms with van der Waals surface area (Å²) in [4.78, 5) is 36.9. The van der Waals surface area contributed by atoms with E-state index in [0.717, 1.165) is 5.56 Å². The lowest BCUT2D eigenvalue weighted by molar-refractivity contribution is -0.126. The summed E-state index contributed by atoms with van der Waals surface area (Å²) in [5.41, 5.74) is 8.44. The summed E-state index contributed by atoms with van der Waals surface area (Å²) >= 11 is 0. The molecule has 8 nitrogen and oxygen atoms in total. The number of hydrogen-bond donors (Lipinski definition) is 2. The number of nitrogens with two attached hydrogens (primary N) is 1. The van der Waals surface area contributed by atoms with Crippen molar-refractivity contribution in [3.8, 4) is 11.8 Å². The van der Waals surface area contributed by atoms with Gasteiger partial charge in [0.25, 0.3) is 5.91 Å². The van der Waals surface area contributed by atoms with Gasteiger partial charge in [-0.3, -0.25) is 9.59 Å². The molecule has 1 fully saturated rings. The van der Waals surface area contributed by atoms with E-state index in [9.17, 15) is 9.59 Å². The zero-order chi connectivity index (χ0) is 26.9. The SMILES string of the molecule is C=CC(=O)N1CC(n2c(C#CC(C)(C)C)c(C(=O)N[C@H](C)c3ccccc3)c3c(N)ncnc32)C[C@@H]1C. The van der Waals surface area contributed by atoms with Gasteiger partial charge in [0.15, 0.2) is 0 Å². The molecule has 1 unspecified atom stereocenters. The first-order chi connectivity index (χ1) is 17.5. The fourth-order valence-corrected chi connectivity index (χ4v) is 4.81. The molecule has 1 saturated heterocycles. The Bertz CT molecular complexity index is 1410. The maximum absolute atomic E-state index is 13.9. The van der Waals surface area contributed by atoms with Gasteiger partial charge in [-0.15, -0.1) is 0 Å². The number of carbonyl (C=O) groups excluding carboxylic acids is 2. The van der Waals surface area contributed by atoms with Gasteiger partial charge in [-0.2, -0.15) is 0 Å². The molecule has 2 aromatic heterocycles. The standard InChI is InChI=1S/C29H34N6O2/c1-7-23(36)34-16-21(15-18(34)2)35-22(13-14-29(4,5)6)24(25-26(30)31-17-32-27(25)35)28(37)33-19(3)20-11-9-8-10-12-20/h7-12,17-19,21H,1,15-16H2,2-6H3,(H,33,37)(H2,30,31,32)/t18-,19+,21?/m0/s1. The van der Waals surface area contributed by atoms with Crippen molar-refractivity contribution in [2.45, 2.75) is 59.2 Å². The van der Waals surface area contributed by atoms with Gasteiger partial charge in [0.1, 0.15) is 23.5 Å². The smallest absolute Gasteiger partial charge is 0.255 e. The van der Waals surface area contributed by atoms with Crippen molar-refractivity contribution < 1.29 is 9.59 Å². The molecule has 3 atom stereocenters. The number of carbonyl (C=O) groups is 2. The number of nitrogens with one attached hydrogen (secondary N) is 1. The van der Waals surface area contributed by atoms with Crippen molar-refractivity contribution in [3.63, 3.8) is 0 Å². The number of aromatic nitrogens is 3. The average Bonchev–Trinajstić information content (AvgIpc) is 3.40. The van der Waals surface area contributed by atoms with Crippen molar-refractivity contribution in [2.24, 2.45) is 5.41 Å². The average molecular weight is 499 g/mol. The molecule has 0 radical (unpaired) electrons. The molecule has 8 heteroatoms. The Morgan fingerprint density at radius 2 is 1.95 bits per heavy atom. The molecule has 1 aromatic carbocycles. The van der Waals surface area contributed by atoms with E-state index in [-0.39, 0.29) is 41.2 Å². The molecule has 192 valence electrons. The molecule has 0 bridgehead atoms. The number of fused-ring (bicyclic) bond motifs is 1. The van der Waals surface area contributed by atoms with E-state index in [1.165, 1.54) is 12.4 Å². The fraction of sp³-hybridized carbons (Fsp3) is 0.379. The molecular weight excluding hydrogens is 464 g/mol. The first-order valence-corrected chi connectivity index (χ1v) is 12.5. The fourth-order valence-electron chi connectivity index (χ4n) is 4.81. The molecule has 3 heterocycles. The third-order valence-electron chi connectivity index (χ3n) is 6.62. The number of anilines is 1. The molecule has 3 aromatic rings. The molecule has 1 aliphatic rings. The second-order valence-corrected chi connectivity index (χ2v) is 10.6. The minimum Gasteiger partial charge on any atom is -0.383 e. The number of nitrogens with zero attached hydrogens (tertiary/aromatic N) is 4. The summed E-state index contributed by atoms with van der Waals surface area (Å²) in [5.74, 6) is 6.35. The zero-order valence-electron chi connectivity index (χ0n) is 22.1. The van der Waals surface area contributed by atoms with Crippen LogP contribution in [0.25, 0.3) is 11.0 Å². The van der Waals surface area contributed by atoms with E-state index in [1.54, 1.807) is 4.90 Å². The Morgan fingerprint density at radius 1 is 1.24 bits per heavy atom. The Labute approximate surface area is 218 Å². The van der Waals surface area contributed by atoms with Crippen LogP contribution in [-0.2, 0) is 4.79 Å². The van der Waals surface area contributed by atoms with Crippen LogP contribution in [-0.4, -0.2) is 43.8 Å². The maximum atomic E-state index is 13.9. The van der Waals surface area contributed by atoms with Crippen LogP contribution in [0.15, 0.2) is 49.3 Å². The summed E-state index contributed by atoms with van der Waals surface area (Å²) in [6, 6.07) is 9.36. The molecular formula is C29H34N6O2. The highest BCUT2D eigenvalue weighted by Crippen LogP contribution is 2.36. The highest BCUT2D eigenvalue weighted by atomic mass is 16.2. The first kappa shape index (κ1) is 26.0. The van der Waals surface area contributed by atoms with Crippen molar-refractivity contribution in [1.82, 2.24) is 24.8 Å². The number of hydrogen-bond acceptors (Lipinski definition) is 5. The van der Waals surface area contributed by atoms with Crippen molar-refractivity contribution in [3.05, 3.63) is 66.1 Å². The van der Waals surface area contributed by atoms with Crippen molar-refractivity contribution >= 4 is 28.7 Å². The second kappa shape index (κ2) is 10.1. The van der Waals surface area contributed by atoms with Gasteiger partial charge in [-0.1, -0.05) is 42.8 Å². The minimum atomic E-state index is -0.308. The number of rotatable bonds is 5. The summed E-state index contributed by atoms with van der Waals surface area (Å²) < 4.78 is 1.97. The highest BCUT2D eigenvalue weighted by molar-refractivity contribution is 6.12. The summed E-state index contributed by atoms with van der Waals surface area (Å²) in [5, 5.41) is 3.58. The molecule has 0 aliphatic carbocycles. The van der Waals surface area contributed by atoms with Crippen LogP contribution in [0.2, 0.25) is 0 Å². The van der Waals surface area contributed by atoms with Crippen LogP contribution < -0.4 is 11.1 Å². The highest BCUT2D eigenvalue weighted by Gasteiger charge is 2.37. The van der Waals surface area contributed by atoms with Crippen molar-refractivity contribution in [2.75, 3.05) is 12.3 Å². The van der Waals surface area contributed by atoms with Gasteiger partial charge < -0.3 is 20.5 Å². The molecule has 3 N–H and O–H groups in total. The van der Waals surface area contributed by atoms with Gasteiger partial charge >= 0.3 is 0 Å². The Hall–Kier alpha value is -4.12. The lowest BCUT2D eigenvalue weighted by Gasteiger charge is -2.19. The summed E-state index contributed by atoms with van der Waals surface area (Å²) in [7, 11) is 0. The third kappa shape index (κ3) is 5.21. The minimum absolute atomic E-state index is 0.00839. The topological polar surface area (TPSA) is 106 Å². The second-order valence-electron chi connectivity index (χ2n) is 10.6. The number of likely N-dealkylation sites (tertiary alicyclic amines) is 1. The van der Waals surface area contributed by atoms with E-state index >= 15 is 0 Å². The molecule has 4 rings (SSSR count). The monoisotopic (exact) mass is 498 g/mol. The summed E-state index contributed by atoms with van der Waals surface area (Å²) in [6.07, 6.45) is 3.41. The van der Waals surface area contributed by atoms with Crippen LogP contribution in [0.3, 0.4) is 0 Å². The van der Waals surface area contributed by atoms with E-state index in [2.05, 4.69) is 33.7 Å². The van der Waals surface area contributed by atoms with Crippen molar-refractivity contribution in [1.29, 1.82) is 0 Å². The maximum Gasteiger partial charge on any atom is 0.255 e. The number of amides is 2. The van der Waals surface area contributed by atoms with Crippen LogP contribution >= 0.6 is 0 Å². The van der Waals surface area contributed by atoms with E-state index in [4.69, 9.17) is 5.73 Å². The molecule has 0 spiro atoms. The predicted molar refractivity (Wildman–Crippen MR) is 146 cm³/mol. The number of benzene rings is 1. The Morgan fingerprint density at radius 3 is 2.59 bits per heavy atom. The lowest BCUT2D eigenvalue weighted by atomic mass is 9.97. The normalized spacial score (nSPS) is 18.2. The molecule has 0 saturated carbocycles. The van der Waals surface area contributed by atoms with Gasteiger partial charge in [0.2, 0.25) is 5.91 Å². The van der Waals surface area contributed by atoms with Gasteiger partial charge in [-0.05, 0) is 58.6 Å². The van der Waals surface area contributed by atoms with Crippen LogP contribution in [0.5, 0.6) is 0 Å².